The van der Waals surface area contributed by atoms with E-state index < -0.39 is 38.4 Å². The van der Waals surface area contributed by atoms with E-state index in [9.17, 15) is 31.2 Å². The Labute approximate surface area is 212 Å². The van der Waals surface area contributed by atoms with Crippen molar-refractivity contribution in [1.82, 2.24) is 20.0 Å². The first-order valence-electron chi connectivity index (χ1n) is 11.6. The van der Waals surface area contributed by atoms with Gasteiger partial charge in [-0.3, -0.25) is 9.59 Å². The number of hydrogen-bond acceptors (Lipinski definition) is 5. The van der Waals surface area contributed by atoms with Gasteiger partial charge in [-0.15, -0.1) is 0 Å². The van der Waals surface area contributed by atoms with Crippen molar-refractivity contribution >= 4 is 21.7 Å². The SMILES string of the molecule is O=C(NCCCC(=O)N1CCC(S(=O)(=O)c2ccccc2)C1)c1cn(-c2ccccc2)nc1C(F)(F)F. The van der Waals surface area contributed by atoms with Crippen LogP contribution in [0.15, 0.2) is 71.8 Å². The second kappa shape index (κ2) is 10.8. The summed E-state index contributed by atoms with van der Waals surface area (Å²) in [7, 11) is -3.56. The van der Waals surface area contributed by atoms with Gasteiger partial charge in [0.15, 0.2) is 15.5 Å². The van der Waals surface area contributed by atoms with Gasteiger partial charge >= 0.3 is 6.18 Å². The summed E-state index contributed by atoms with van der Waals surface area (Å²) >= 11 is 0. The highest BCUT2D eigenvalue weighted by Crippen LogP contribution is 2.31. The third-order valence-corrected chi connectivity index (χ3v) is 8.30. The number of amides is 2. The number of nitrogens with zero attached hydrogens (tertiary/aromatic N) is 3. The molecular formula is C25H25F3N4O4S. The molecule has 1 atom stereocenters. The molecule has 1 fully saturated rings. The Morgan fingerprint density at radius 1 is 1.03 bits per heavy atom. The lowest BCUT2D eigenvalue weighted by Crippen LogP contribution is -2.33. The van der Waals surface area contributed by atoms with Gasteiger partial charge < -0.3 is 10.2 Å². The zero-order valence-electron chi connectivity index (χ0n) is 19.7. The molecule has 196 valence electrons. The fraction of sp³-hybridized carbons (Fsp3) is 0.320. The minimum Gasteiger partial charge on any atom is -0.352 e. The van der Waals surface area contributed by atoms with E-state index in [0.717, 1.165) is 10.9 Å². The van der Waals surface area contributed by atoms with Gasteiger partial charge in [-0.1, -0.05) is 36.4 Å². The number of aromatic nitrogens is 2. The molecule has 1 unspecified atom stereocenters. The van der Waals surface area contributed by atoms with Crippen LogP contribution in [0.2, 0.25) is 0 Å². The Kier molecular flexibility index (Phi) is 7.67. The van der Waals surface area contributed by atoms with E-state index >= 15 is 0 Å². The van der Waals surface area contributed by atoms with Gasteiger partial charge in [0.25, 0.3) is 5.91 Å². The first-order valence-corrected chi connectivity index (χ1v) is 13.2. The van der Waals surface area contributed by atoms with Crippen LogP contribution in [0.25, 0.3) is 5.69 Å². The molecule has 0 bridgehead atoms. The summed E-state index contributed by atoms with van der Waals surface area (Å²) in [4.78, 5) is 26.8. The van der Waals surface area contributed by atoms with Gasteiger partial charge in [0.2, 0.25) is 5.91 Å². The predicted octanol–water partition coefficient (Wildman–Crippen LogP) is 3.48. The van der Waals surface area contributed by atoms with E-state index in [2.05, 4.69) is 10.4 Å². The second-order valence-electron chi connectivity index (χ2n) is 8.64. The van der Waals surface area contributed by atoms with Crippen molar-refractivity contribution < 1.29 is 31.2 Å². The monoisotopic (exact) mass is 534 g/mol. The summed E-state index contributed by atoms with van der Waals surface area (Å²) in [6.07, 6.45) is -3.27. The number of para-hydroxylation sites is 1. The molecule has 2 amide bonds. The van der Waals surface area contributed by atoms with E-state index in [0.29, 0.717) is 18.7 Å². The molecule has 0 aliphatic carbocycles. The van der Waals surface area contributed by atoms with Crippen LogP contribution in [-0.2, 0) is 20.8 Å². The third-order valence-electron chi connectivity index (χ3n) is 6.11. The number of alkyl halides is 3. The van der Waals surface area contributed by atoms with Gasteiger partial charge in [-0.2, -0.15) is 18.3 Å². The van der Waals surface area contributed by atoms with E-state index in [4.69, 9.17) is 0 Å². The molecule has 3 aromatic rings. The smallest absolute Gasteiger partial charge is 0.352 e. The average molecular weight is 535 g/mol. The van der Waals surface area contributed by atoms with Crippen molar-refractivity contribution in [2.45, 2.75) is 35.6 Å². The zero-order valence-corrected chi connectivity index (χ0v) is 20.5. The first-order chi connectivity index (χ1) is 17.6. The van der Waals surface area contributed by atoms with Crippen molar-refractivity contribution in [2.24, 2.45) is 0 Å². The van der Waals surface area contributed by atoms with Crippen molar-refractivity contribution in [3.63, 3.8) is 0 Å². The van der Waals surface area contributed by atoms with Crippen LogP contribution in [0.3, 0.4) is 0 Å². The van der Waals surface area contributed by atoms with E-state index in [1.807, 2.05) is 0 Å². The van der Waals surface area contributed by atoms with Crippen LogP contribution in [0.5, 0.6) is 0 Å². The number of carbonyl (C=O) groups is 2. The lowest BCUT2D eigenvalue weighted by atomic mass is 10.2. The summed E-state index contributed by atoms with van der Waals surface area (Å²) < 4.78 is 67.0. The molecule has 1 saturated heterocycles. The standard InChI is InChI=1S/C25H25F3N4O4S/c26-25(27,28)23-21(17-32(30-23)18-8-3-1-4-9-18)24(34)29-14-7-12-22(33)31-15-13-20(16-31)37(35,36)19-10-5-2-6-11-19/h1-6,8-11,17,20H,7,12-16H2,(H,29,34). The second-order valence-corrected chi connectivity index (χ2v) is 10.9. The fourth-order valence-corrected chi connectivity index (χ4v) is 5.88. The van der Waals surface area contributed by atoms with Crippen LogP contribution < -0.4 is 5.32 Å². The van der Waals surface area contributed by atoms with Crippen LogP contribution in [0, 0.1) is 0 Å². The molecule has 1 N–H and O–H groups in total. The van der Waals surface area contributed by atoms with Gasteiger partial charge in [0.05, 0.1) is 21.4 Å². The maximum Gasteiger partial charge on any atom is 0.435 e. The number of rotatable bonds is 8. The molecular weight excluding hydrogens is 509 g/mol. The molecule has 1 aromatic heterocycles. The van der Waals surface area contributed by atoms with Crippen molar-refractivity contribution in [2.75, 3.05) is 19.6 Å². The molecule has 0 spiro atoms. The largest absolute Gasteiger partial charge is 0.435 e. The lowest BCUT2D eigenvalue weighted by molar-refractivity contribution is -0.141. The maximum atomic E-state index is 13.5. The molecule has 2 aromatic carbocycles. The van der Waals surface area contributed by atoms with Crippen LogP contribution >= 0.6 is 0 Å². The molecule has 8 nitrogen and oxygen atoms in total. The van der Waals surface area contributed by atoms with Crippen LogP contribution in [0.1, 0.15) is 35.3 Å². The zero-order chi connectivity index (χ0) is 26.6. The number of halogens is 3. The fourth-order valence-electron chi connectivity index (χ4n) is 4.17. The number of benzene rings is 2. The molecule has 1 aliphatic heterocycles. The van der Waals surface area contributed by atoms with Gasteiger partial charge in [0.1, 0.15) is 0 Å². The summed E-state index contributed by atoms with van der Waals surface area (Å²) in [6, 6.07) is 16.2. The highest BCUT2D eigenvalue weighted by Gasteiger charge is 2.39. The summed E-state index contributed by atoms with van der Waals surface area (Å²) in [5.41, 5.74) is -1.54. The first kappa shape index (κ1) is 26.4. The van der Waals surface area contributed by atoms with Crippen LogP contribution in [-0.4, -0.2) is 59.8 Å². The molecule has 0 radical (unpaired) electrons. The number of nitrogens with one attached hydrogen (secondary N) is 1. The molecule has 0 saturated carbocycles. The third kappa shape index (κ3) is 6.01. The van der Waals surface area contributed by atoms with E-state index in [-0.39, 0.29) is 36.7 Å². The summed E-state index contributed by atoms with van der Waals surface area (Å²) in [6.45, 7) is 0.351. The Morgan fingerprint density at radius 2 is 1.68 bits per heavy atom. The van der Waals surface area contributed by atoms with Gasteiger partial charge in [0, 0.05) is 32.3 Å². The van der Waals surface area contributed by atoms with E-state index in [1.165, 1.54) is 17.0 Å². The van der Waals surface area contributed by atoms with Crippen molar-refractivity contribution in [3.8, 4) is 5.69 Å². The topological polar surface area (TPSA) is 101 Å². The summed E-state index contributed by atoms with van der Waals surface area (Å²) in [5, 5.41) is 5.28. The minimum absolute atomic E-state index is 0.0216. The average Bonchev–Trinajstić information content (AvgIpc) is 3.56. The molecule has 37 heavy (non-hydrogen) atoms. The number of hydrogen-bond donors (Lipinski definition) is 1. The number of carbonyl (C=O) groups excluding carboxylic acids is 2. The molecule has 12 heteroatoms. The highest BCUT2D eigenvalue weighted by atomic mass is 32.2. The van der Waals surface area contributed by atoms with Crippen molar-refractivity contribution in [1.29, 1.82) is 0 Å². The predicted molar refractivity (Wildman–Crippen MR) is 129 cm³/mol. The summed E-state index contributed by atoms with van der Waals surface area (Å²) in [5.74, 6) is -1.22. The number of likely N-dealkylation sites (tertiary alicyclic amines) is 1. The minimum atomic E-state index is -4.82. The van der Waals surface area contributed by atoms with Crippen molar-refractivity contribution in [3.05, 3.63) is 78.1 Å². The molecule has 2 heterocycles. The van der Waals surface area contributed by atoms with Crippen LogP contribution in [0.4, 0.5) is 13.2 Å². The molecule has 1 aliphatic rings. The highest BCUT2D eigenvalue weighted by molar-refractivity contribution is 7.92. The Balaban J connectivity index is 1.31. The van der Waals surface area contributed by atoms with Gasteiger partial charge in [-0.25, -0.2) is 13.1 Å². The Morgan fingerprint density at radius 3 is 2.32 bits per heavy atom. The Bertz CT molecular complexity index is 1360. The van der Waals surface area contributed by atoms with E-state index in [1.54, 1.807) is 48.5 Å². The van der Waals surface area contributed by atoms with Gasteiger partial charge in [-0.05, 0) is 37.1 Å². The maximum absolute atomic E-state index is 13.5. The normalized spacial score (nSPS) is 16.1. The number of sulfone groups is 1. The lowest BCUT2D eigenvalue weighted by Gasteiger charge is -2.17. The quantitative estimate of drug-likeness (QED) is 0.446. The molecule has 4 rings (SSSR count). The Hall–Kier alpha value is -3.67.